The molecule has 0 spiro atoms. The monoisotopic (exact) mass is 538 g/mol. The Bertz CT molecular complexity index is 1290. The molecule has 3 aliphatic rings. The summed E-state index contributed by atoms with van der Waals surface area (Å²) in [5, 5.41) is 0.949. The van der Waals surface area contributed by atoms with Crippen LogP contribution in [0.3, 0.4) is 0 Å². The third kappa shape index (κ3) is 3.50. The first-order valence-corrected chi connectivity index (χ1v) is 14.2. The van der Waals surface area contributed by atoms with E-state index in [0.29, 0.717) is 5.69 Å². The van der Waals surface area contributed by atoms with Gasteiger partial charge in [0.15, 0.2) is 5.78 Å². The van der Waals surface area contributed by atoms with Crippen LogP contribution in [0.1, 0.15) is 53.9 Å². The molecule has 0 radical (unpaired) electrons. The van der Waals surface area contributed by atoms with Crippen LogP contribution in [0.4, 0.5) is 11.4 Å². The fourth-order valence-corrected chi connectivity index (χ4v) is 7.75. The Labute approximate surface area is 213 Å². The summed E-state index contributed by atoms with van der Waals surface area (Å²) < 4.78 is 1.01. The van der Waals surface area contributed by atoms with Crippen LogP contribution in [0.15, 0.2) is 34.8 Å². The van der Waals surface area contributed by atoms with Crippen molar-refractivity contribution in [3.8, 4) is 0 Å². The number of benzene rings is 2. The van der Waals surface area contributed by atoms with Crippen LogP contribution in [0.5, 0.6) is 0 Å². The molecule has 6 rings (SSSR count). The predicted octanol–water partition coefficient (Wildman–Crippen LogP) is 5.40. The highest BCUT2D eigenvalue weighted by molar-refractivity contribution is 9.10. The van der Waals surface area contributed by atoms with Crippen LogP contribution in [0, 0.1) is 0 Å². The molecule has 2 aromatic carbocycles. The van der Waals surface area contributed by atoms with Gasteiger partial charge in [0.2, 0.25) is 0 Å². The maximum atomic E-state index is 13.7. The first-order valence-electron chi connectivity index (χ1n) is 12.2. The lowest BCUT2D eigenvalue weighted by Crippen LogP contribution is -2.51. The molecule has 34 heavy (non-hydrogen) atoms. The molecule has 1 aromatic heterocycles. The summed E-state index contributed by atoms with van der Waals surface area (Å²) in [6.45, 7) is 8.68. The van der Waals surface area contributed by atoms with Gasteiger partial charge in [-0.05, 0) is 70.1 Å². The fourth-order valence-electron chi connectivity index (χ4n) is 6.08. The van der Waals surface area contributed by atoms with Crippen molar-refractivity contribution >= 4 is 55.8 Å². The quantitative estimate of drug-likeness (QED) is 0.427. The van der Waals surface area contributed by atoms with Gasteiger partial charge in [0.05, 0.1) is 11.3 Å². The van der Waals surface area contributed by atoms with Crippen LogP contribution in [-0.2, 0) is 5.41 Å². The van der Waals surface area contributed by atoms with Crippen LogP contribution < -0.4 is 10.6 Å². The number of hydrogen-bond donors (Lipinski definition) is 2. The Hall–Kier alpha value is -1.96. The maximum absolute atomic E-state index is 13.7. The average Bonchev–Trinajstić information content (AvgIpc) is 3.23. The summed E-state index contributed by atoms with van der Waals surface area (Å²) in [6.07, 6.45) is 2.64. The second kappa shape index (κ2) is 8.32. The van der Waals surface area contributed by atoms with E-state index in [-0.39, 0.29) is 11.2 Å². The minimum absolute atomic E-state index is 0.0904. The van der Waals surface area contributed by atoms with Crippen molar-refractivity contribution in [3.63, 3.8) is 0 Å². The largest absolute Gasteiger partial charge is 0.399 e. The molecule has 1 aliphatic carbocycles. The molecule has 2 saturated heterocycles. The van der Waals surface area contributed by atoms with Gasteiger partial charge in [-0.25, -0.2) is 0 Å². The van der Waals surface area contributed by atoms with Gasteiger partial charge >= 0.3 is 0 Å². The van der Waals surface area contributed by atoms with Crippen molar-refractivity contribution in [3.05, 3.63) is 57.2 Å². The Morgan fingerprint density at radius 3 is 2.56 bits per heavy atom. The number of hydrogen-bond acceptors (Lipinski definition) is 5. The van der Waals surface area contributed by atoms with Crippen LogP contribution >= 0.6 is 27.7 Å². The molecule has 3 N–H and O–H groups in total. The molecule has 0 saturated carbocycles. The molecule has 0 amide bonds. The van der Waals surface area contributed by atoms with Gasteiger partial charge in [0.1, 0.15) is 0 Å². The topological polar surface area (TPSA) is 65.4 Å². The number of H-pyrrole nitrogens is 1. The first kappa shape index (κ1) is 22.5. The van der Waals surface area contributed by atoms with Crippen molar-refractivity contribution in [2.24, 2.45) is 0 Å². The second-order valence-corrected chi connectivity index (χ2v) is 12.4. The molecule has 2 fully saturated rings. The molecule has 3 heterocycles. The lowest BCUT2D eigenvalue weighted by Gasteiger charge is -2.42. The predicted molar refractivity (Wildman–Crippen MR) is 147 cm³/mol. The van der Waals surface area contributed by atoms with Gasteiger partial charge in [0, 0.05) is 70.0 Å². The van der Waals surface area contributed by atoms with Crippen molar-refractivity contribution in [2.45, 2.75) is 38.1 Å². The third-order valence-corrected chi connectivity index (χ3v) is 9.73. The summed E-state index contributed by atoms with van der Waals surface area (Å²) in [7, 11) is 0. The molecule has 0 unspecified atom stereocenters. The number of aromatic nitrogens is 1. The number of nitrogens with two attached hydrogens (primary N) is 1. The first-order chi connectivity index (χ1) is 16.3. The summed E-state index contributed by atoms with van der Waals surface area (Å²) >= 11 is 5.92. The zero-order valence-electron chi connectivity index (χ0n) is 19.8. The zero-order valence-corrected chi connectivity index (χ0v) is 22.2. The number of fused-ring (bicyclic) bond motifs is 4. The molecule has 2 aliphatic heterocycles. The second-order valence-electron chi connectivity index (χ2n) is 10.3. The van der Waals surface area contributed by atoms with Crippen LogP contribution in [0.25, 0.3) is 10.9 Å². The van der Waals surface area contributed by atoms with Crippen molar-refractivity contribution in [1.82, 2.24) is 9.88 Å². The zero-order chi connectivity index (χ0) is 23.6. The number of nitrogen functional groups attached to an aromatic ring is 1. The number of nitrogens with one attached hydrogen (secondary N) is 1. The van der Waals surface area contributed by atoms with Crippen LogP contribution in [0.2, 0.25) is 0 Å². The van der Waals surface area contributed by atoms with E-state index >= 15 is 0 Å². The van der Waals surface area contributed by atoms with E-state index in [1.54, 1.807) is 0 Å². The van der Waals surface area contributed by atoms with Gasteiger partial charge in [-0.2, -0.15) is 11.8 Å². The highest BCUT2D eigenvalue weighted by atomic mass is 79.9. The minimum Gasteiger partial charge on any atom is -0.399 e. The number of carbonyl (C=O) groups excluding carboxylic acids is 1. The number of carbonyl (C=O) groups is 1. The van der Waals surface area contributed by atoms with E-state index in [0.717, 1.165) is 70.0 Å². The molecule has 5 nitrogen and oxygen atoms in total. The van der Waals surface area contributed by atoms with Crippen molar-refractivity contribution < 1.29 is 4.79 Å². The molecule has 0 bridgehead atoms. The van der Waals surface area contributed by atoms with E-state index in [4.69, 9.17) is 5.73 Å². The molecule has 0 atom stereocenters. The van der Waals surface area contributed by atoms with Gasteiger partial charge in [-0.3, -0.25) is 9.69 Å². The third-order valence-electron chi connectivity index (χ3n) is 8.04. The summed E-state index contributed by atoms with van der Waals surface area (Å²) in [6, 6.07) is 10.8. The van der Waals surface area contributed by atoms with Gasteiger partial charge in [0.25, 0.3) is 0 Å². The highest BCUT2D eigenvalue weighted by Gasteiger charge is 2.40. The Morgan fingerprint density at radius 2 is 1.82 bits per heavy atom. The Balaban J connectivity index is 1.34. The standard InChI is InChI=1S/C27H31BrN4OS/c1-27(2)20-15-23(32-9-7-31(8-10-32)17-5-11-34-12-6-17)21(28)14-19(20)25(33)24-18-4-3-16(29)13-22(18)30-26(24)27/h3-4,13-15,17,30H,5-12,29H2,1-2H3. The number of halogens is 1. The Kier molecular flexibility index (Phi) is 5.50. The van der Waals surface area contributed by atoms with E-state index in [1.165, 1.54) is 30.0 Å². The highest BCUT2D eigenvalue weighted by Crippen LogP contribution is 2.46. The number of anilines is 2. The fraction of sp³-hybridized carbons (Fsp3) is 0.444. The number of ketones is 1. The maximum Gasteiger partial charge on any atom is 0.195 e. The van der Waals surface area contributed by atoms with Crippen molar-refractivity contribution in [1.29, 1.82) is 0 Å². The molecule has 178 valence electrons. The minimum atomic E-state index is -0.316. The molecular formula is C27H31BrN4OS. The normalized spacial score (nSPS) is 21.0. The lowest BCUT2D eigenvalue weighted by molar-refractivity contribution is 0.103. The van der Waals surface area contributed by atoms with E-state index < -0.39 is 0 Å². The molecular weight excluding hydrogens is 508 g/mol. The summed E-state index contributed by atoms with van der Waals surface area (Å²) in [4.78, 5) is 22.4. The molecule has 7 heteroatoms. The van der Waals surface area contributed by atoms with Crippen molar-refractivity contribution in [2.75, 3.05) is 48.3 Å². The number of nitrogens with zero attached hydrogens (tertiary/aromatic N) is 2. The number of aromatic amines is 1. The van der Waals surface area contributed by atoms with Gasteiger partial charge < -0.3 is 15.6 Å². The SMILES string of the molecule is CC1(C)c2cc(N3CCN(C4CCSCC4)CC3)c(Br)cc2C(=O)c2c1[nH]c1cc(N)ccc21. The lowest BCUT2D eigenvalue weighted by atomic mass is 9.71. The van der Waals surface area contributed by atoms with Gasteiger partial charge in [-0.1, -0.05) is 19.9 Å². The van der Waals surface area contributed by atoms with E-state index in [9.17, 15) is 4.79 Å². The Morgan fingerprint density at radius 1 is 1.09 bits per heavy atom. The summed E-state index contributed by atoms with van der Waals surface area (Å²) in [5.41, 5.74) is 12.2. The smallest absolute Gasteiger partial charge is 0.195 e. The average molecular weight is 540 g/mol. The number of thioether (sulfide) groups is 1. The number of rotatable bonds is 2. The summed E-state index contributed by atoms with van der Waals surface area (Å²) in [5.74, 6) is 2.69. The van der Waals surface area contributed by atoms with Crippen LogP contribution in [-0.4, -0.2) is 59.4 Å². The van der Waals surface area contributed by atoms with E-state index in [1.807, 2.05) is 18.2 Å². The van der Waals surface area contributed by atoms with Gasteiger partial charge in [-0.15, -0.1) is 0 Å². The molecule has 3 aromatic rings. The van der Waals surface area contributed by atoms with E-state index in [2.05, 4.69) is 68.5 Å². The number of piperazine rings is 1.